The summed E-state index contributed by atoms with van der Waals surface area (Å²) < 4.78 is 2.44. The van der Waals surface area contributed by atoms with Crippen LogP contribution in [-0.4, -0.2) is 19.9 Å². The molecular weight excluding hydrogens is 569 g/mol. The van der Waals surface area contributed by atoms with E-state index in [0.717, 1.165) is 38.9 Å². The van der Waals surface area contributed by atoms with Gasteiger partial charge in [-0.05, 0) is 18.2 Å². The molecule has 4 nitrogen and oxygen atoms in total. The van der Waals surface area contributed by atoms with Crippen molar-refractivity contribution in [1.82, 2.24) is 19.9 Å². The van der Waals surface area contributed by atoms with Crippen molar-refractivity contribution in [2.24, 2.45) is 0 Å². The third-order valence-electron chi connectivity index (χ3n) is 8.30. The first-order valence-electron chi connectivity index (χ1n) is 14.9. The van der Waals surface area contributed by atoms with Gasteiger partial charge in [0.15, 0.2) is 17.5 Å². The summed E-state index contributed by atoms with van der Waals surface area (Å²) in [6.07, 6.45) is 0. The molecule has 5 heteroatoms. The second-order valence-electron chi connectivity index (χ2n) is 11.1. The minimum absolute atomic E-state index is 0.660. The van der Waals surface area contributed by atoms with Crippen LogP contribution in [0.4, 0.5) is 0 Å². The molecule has 0 atom stereocenters. The Labute approximate surface area is 263 Å². The molecule has 0 saturated heterocycles. The molecule has 9 aromatic rings. The number of nitrogens with zero attached hydrogens (tertiary/aromatic N) is 4. The van der Waals surface area contributed by atoms with Crippen molar-refractivity contribution < 1.29 is 0 Å². The maximum absolute atomic E-state index is 5.15. The van der Waals surface area contributed by atoms with Crippen LogP contribution in [0.1, 0.15) is 0 Å². The first kappa shape index (κ1) is 25.7. The van der Waals surface area contributed by atoms with Gasteiger partial charge in [-0.3, -0.25) is 0 Å². The molecule has 0 unspecified atom stereocenters. The van der Waals surface area contributed by atoms with Crippen molar-refractivity contribution in [3.8, 4) is 45.4 Å². The standard InChI is InChI=1S/C40H24N4S/c1-4-12-25(13-5-1)37-31-22-23-33-36(35(31)29-18-10-11-19-32(29)41-37)30-21-20-28(24-34(30)45-33)40-43-38(26-14-6-2-7-15-26)42-39(44-40)27-16-8-3-9-17-27/h1-24H. The number of thiophene rings is 1. The lowest BCUT2D eigenvalue weighted by Gasteiger charge is -2.11. The third kappa shape index (κ3) is 4.36. The minimum atomic E-state index is 0.660. The number of hydrogen-bond donors (Lipinski definition) is 0. The summed E-state index contributed by atoms with van der Waals surface area (Å²) in [7, 11) is 0. The maximum Gasteiger partial charge on any atom is 0.164 e. The van der Waals surface area contributed by atoms with Crippen LogP contribution in [0.3, 0.4) is 0 Å². The Balaban J connectivity index is 1.28. The monoisotopic (exact) mass is 592 g/mol. The van der Waals surface area contributed by atoms with E-state index < -0.39 is 0 Å². The van der Waals surface area contributed by atoms with Crippen LogP contribution in [0.2, 0.25) is 0 Å². The van der Waals surface area contributed by atoms with Crippen molar-refractivity contribution in [1.29, 1.82) is 0 Å². The normalized spacial score (nSPS) is 11.6. The molecule has 0 spiro atoms. The van der Waals surface area contributed by atoms with Crippen molar-refractivity contribution in [2.45, 2.75) is 0 Å². The highest BCUT2D eigenvalue weighted by atomic mass is 32.1. The fourth-order valence-electron chi connectivity index (χ4n) is 6.20. The fourth-order valence-corrected chi connectivity index (χ4v) is 7.35. The summed E-state index contributed by atoms with van der Waals surface area (Å²) in [4.78, 5) is 20.0. The molecule has 3 heterocycles. The second kappa shape index (κ2) is 10.4. The average Bonchev–Trinajstić information content (AvgIpc) is 3.50. The highest BCUT2D eigenvalue weighted by Gasteiger charge is 2.18. The van der Waals surface area contributed by atoms with Gasteiger partial charge in [0.25, 0.3) is 0 Å². The highest BCUT2D eigenvalue weighted by molar-refractivity contribution is 7.26. The lowest BCUT2D eigenvalue weighted by Crippen LogP contribution is -1.99. The van der Waals surface area contributed by atoms with Crippen LogP contribution in [0.15, 0.2) is 146 Å². The van der Waals surface area contributed by atoms with Crippen LogP contribution in [0.25, 0.3) is 87.3 Å². The summed E-state index contributed by atoms with van der Waals surface area (Å²) in [6, 6.07) is 50.2. The molecule has 210 valence electrons. The molecule has 3 aromatic heterocycles. The van der Waals surface area contributed by atoms with Crippen LogP contribution >= 0.6 is 11.3 Å². The molecule has 0 aliphatic carbocycles. The molecule has 0 fully saturated rings. The molecule has 0 amide bonds. The Kier molecular flexibility index (Phi) is 5.96. The fraction of sp³-hybridized carbons (Fsp3) is 0. The van der Waals surface area contributed by atoms with Gasteiger partial charge < -0.3 is 0 Å². The van der Waals surface area contributed by atoms with Crippen LogP contribution in [0, 0.1) is 0 Å². The van der Waals surface area contributed by atoms with Crippen molar-refractivity contribution >= 4 is 53.2 Å². The Morgan fingerprint density at radius 3 is 1.58 bits per heavy atom. The summed E-state index contributed by atoms with van der Waals surface area (Å²) in [5.41, 5.74) is 6.01. The number of rotatable bonds is 4. The first-order chi connectivity index (χ1) is 22.3. The van der Waals surface area contributed by atoms with Gasteiger partial charge in [0.2, 0.25) is 0 Å². The molecule has 0 radical (unpaired) electrons. The van der Waals surface area contributed by atoms with E-state index in [4.69, 9.17) is 19.9 Å². The predicted octanol–water partition coefficient (Wildman–Crippen LogP) is 10.6. The quantitative estimate of drug-likeness (QED) is 0.191. The van der Waals surface area contributed by atoms with E-state index in [9.17, 15) is 0 Å². The van der Waals surface area contributed by atoms with Crippen molar-refractivity contribution in [3.63, 3.8) is 0 Å². The third-order valence-corrected chi connectivity index (χ3v) is 9.42. The molecular formula is C40H24N4S. The van der Waals surface area contributed by atoms with Crippen LogP contribution < -0.4 is 0 Å². The van der Waals surface area contributed by atoms with Crippen molar-refractivity contribution in [2.75, 3.05) is 0 Å². The molecule has 0 aliphatic rings. The zero-order valence-corrected chi connectivity index (χ0v) is 24.9. The van der Waals surface area contributed by atoms with E-state index in [0.29, 0.717) is 17.5 Å². The van der Waals surface area contributed by atoms with Gasteiger partial charge in [-0.1, -0.05) is 127 Å². The summed E-state index contributed by atoms with van der Waals surface area (Å²) in [5, 5.41) is 6.06. The zero-order chi connectivity index (χ0) is 29.7. The van der Waals surface area contributed by atoms with Gasteiger partial charge in [-0.2, -0.15) is 0 Å². The van der Waals surface area contributed by atoms with E-state index in [-0.39, 0.29) is 0 Å². The highest BCUT2D eigenvalue weighted by Crippen LogP contribution is 2.44. The lowest BCUT2D eigenvalue weighted by molar-refractivity contribution is 1.07. The van der Waals surface area contributed by atoms with E-state index >= 15 is 0 Å². The number of fused-ring (bicyclic) bond motifs is 7. The van der Waals surface area contributed by atoms with E-state index in [2.05, 4.69) is 78.9 Å². The summed E-state index contributed by atoms with van der Waals surface area (Å²) in [5.74, 6) is 1.98. The zero-order valence-electron chi connectivity index (χ0n) is 24.1. The number of para-hydroxylation sites is 1. The van der Waals surface area contributed by atoms with Crippen LogP contribution in [-0.2, 0) is 0 Å². The Hall–Kier alpha value is -5.78. The minimum Gasteiger partial charge on any atom is -0.247 e. The van der Waals surface area contributed by atoms with Gasteiger partial charge in [-0.15, -0.1) is 11.3 Å². The number of pyridine rings is 1. The van der Waals surface area contributed by atoms with Gasteiger partial charge in [0, 0.05) is 58.6 Å². The number of aromatic nitrogens is 4. The predicted molar refractivity (Wildman–Crippen MR) is 187 cm³/mol. The molecule has 0 N–H and O–H groups in total. The van der Waals surface area contributed by atoms with Crippen LogP contribution in [0.5, 0.6) is 0 Å². The average molecular weight is 593 g/mol. The van der Waals surface area contributed by atoms with Gasteiger partial charge in [0.05, 0.1) is 11.2 Å². The first-order valence-corrected chi connectivity index (χ1v) is 15.7. The summed E-state index contributed by atoms with van der Waals surface area (Å²) >= 11 is 1.81. The molecule has 45 heavy (non-hydrogen) atoms. The lowest BCUT2D eigenvalue weighted by atomic mass is 9.96. The van der Waals surface area contributed by atoms with Gasteiger partial charge >= 0.3 is 0 Å². The molecule has 0 bridgehead atoms. The summed E-state index contributed by atoms with van der Waals surface area (Å²) in [6.45, 7) is 0. The SMILES string of the molecule is c1ccc(-c2nc(-c3ccccc3)nc(-c3ccc4c(c3)sc3ccc5c(-c6ccccc6)nc6ccccc6c5c34)n2)cc1. The van der Waals surface area contributed by atoms with Gasteiger partial charge in [-0.25, -0.2) is 19.9 Å². The molecule has 0 saturated carbocycles. The second-order valence-corrected chi connectivity index (χ2v) is 12.1. The molecule has 6 aromatic carbocycles. The number of benzene rings is 6. The largest absolute Gasteiger partial charge is 0.247 e. The van der Waals surface area contributed by atoms with E-state index in [1.807, 2.05) is 66.7 Å². The topological polar surface area (TPSA) is 51.6 Å². The van der Waals surface area contributed by atoms with Gasteiger partial charge in [0.1, 0.15) is 0 Å². The maximum atomic E-state index is 5.15. The van der Waals surface area contributed by atoms with E-state index in [1.165, 1.54) is 30.9 Å². The Bertz CT molecular complexity index is 2470. The molecule has 0 aliphatic heterocycles. The van der Waals surface area contributed by atoms with E-state index in [1.54, 1.807) is 11.3 Å². The van der Waals surface area contributed by atoms with Crippen molar-refractivity contribution in [3.05, 3.63) is 146 Å². The Morgan fingerprint density at radius 2 is 0.911 bits per heavy atom. The smallest absolute Gasteiger partial charge is 0.164 e. The molecule has 9 rings (SSSR count). The Morgan fingerprint density at radius 1 is 0.356 bits per heavy atom. The number of hydrogen-bond acceptors (Lipinski definition) is 5.